The number of aryl methyl sites for hydroxylation is 1. The Morgan fingerprint density at radius 2 is 1.73 bits per heavy atom. The molecule has 0 N–H and O–H groups in total. The summed E-state index contributed by atoms with van der Waals surface area (Å²) in [6, 6.07) is 24.1. The van der Waals surface area contributed by atoms with Crippen LogP contribution in [0, 0.1) is 18.8 Å². The van der Waals surface area contributed by atoms with E-state index in [1.54, 1.807) is 7.11 Å². The molecule has 0 fully saturated rings. The molecule has 0 saturated carbocycles. The lowest BCUT2D eigenvalue weighted by Gasteiger charge is -2.08. The average Bonchev–Trinajstić information content (AvgIpc) is 3.04. The Labute approximate surface area is 152 Å². The van der Waals surface area contributed by atoms with E-state index in [0.29, 0.717) is 0 Å². The van der Waals surface area contributed by atoms with E-state index in [1.165, 1.54) is 0 Å². The molecule has 0 aliphatic rings. The van der Waals surface area contributed by atoms with Gasteiger partial charge in [0.15, 0.2) is 0 Å². The SMILES string of the molecule is COc1ccc2c(c1)cc(C#Cc1ccccc1)n2-c1cccc(C)n1. The molecule has 2 aromatic carbocycles. The summed E-state index contributed by atoms with van der Waals surface area (Å²) in [6.07, 6.45) is 0. The van der Waals surface area contributed by atoms with Gasteiger partial charge in [-0.25, -0.2) is 4.98 Å². The Balaban J connectivity index is 1.93. The average molecular weight is 338 g/mol. The van der Waals surface area contributed by atoms with E-state index in [0.717, 1.165) is 39.4 Å². The third-order valence-electron chi connectivity index (χ3n) is 4.22. The van der Waals surface area contributed by atoms with Gasteiger partial charge in [-0.2, -0.15) is 0 Å². The fourth-order valence-corrected chi connectivity index (χ4v) is 2.97. The van der Waals surface area contributed by atoms with E-state index < -0.39 is 0 Å². The van der Waals surface area contributed by atoms with Gasteiger partial charge < -0.3 is 4.74 Å². The van der Waals surface area contributed by atoms with E-state index in [4.69, 9.17) is 4.74 Å². The minimum Gasteiger partial charge on any atom is -0.497 e. The Hall–Kier alpha value is -3.51. The van der Waals surface area contributed by atoms with Crippen molar-refractivity contribution in [2.45, 2.75) is 6.92 Å². The Bertz CT molecular complexity index is 1130. The third kappa shape index (κ3) is 3.05. The highest BCUT2D eigenvalue weighted by molar-refractivity contribution is 5.85. The molecule has 0 bridgehead atoms. The zero-order valence-electron chi connectivity index (χ0n) is 14.7. The van der Waals surface area contributed by atoms with Crippen LogP contribution in [-0.4, -0.2) is 16.7 Å². The first-order valence-electron chi connectivity index (χ1n) is 8.45. The minimum absolute atomic E-state index is 0.828. The molecule has 0 spiro atoms. The normalized spacial score (nSPS) is 10.4. The summed E-state index contributed by atoms with van der Waals surface area (Å²) >= 11 is 0. The van der Waals surface area contributed by atoms with Crippen LogP contribution >= 0.6 is 0 Å². The van der Waals surface area contributed by atoms with E-state index in [9.17, 15) is 0 Å². The quantitative estimate of drug-likeness (QED) is 0.494. The van der Waals surface area contributed by atoms with Crippen molar-refractivity contribution in [3.05, 3.63) is 89.7 Å². The highest BCUT2D eigenvalue weighted by Crippen LogP contribution is 2.27. The molecule has 0 unspecified atom stereocenters. The van der Waals surface area contributed by atoms with Crippen molar-refractivity contribution in [3.63, 3.8) is 0 Å². The van der Waals surface area contributed by atoms with E-state index in [1.807, 2.05) is 73.7 Å². The summed E-state index contributed by atoms with van der Waals surface area (Å²) in [5.41, 5.74) is 3.91. The van der Waals surface area contributed by atoms with Crippen LogP contribution in [0.5, 0.6) is 5.75 Å². The molecule has 0 amide bonds. The molecule has 0 aliphatic heterocycles. The van der Waals surface area contributed by atoms with Crippen LogP contribution in [-0.2, 0) is 0 Å². The maximum atomic E-state index is 5.36. The lowest BCUT2D eigenvalue weighted by molar-refractivity contribution is 0.415. The Morgan fingerprint density at radius 3 is 2.50 bits per heavy atom. The van der Waals surface area contributed by atoms with Gasteiger partial charge in [0.25, 0.3) is 0 Å². The summed E-state index contributed by atoms with van der Waals surface area (Å²) in [5.74, 6) is 8.24. The molecule has 26 heavy (non-hydrogen) atoms. The van der Waals surface area contributed by atoms with Gasteiger partial charge in [-0.05, 0) is 61.4 Å². The van der Waals surface area contributed by atoms with Crippen LogP contribution in [0.2, 0.25) is 0 Å². The molecular formula is C23H18N2O. The number of benzene rings is 2. The van der Waals surface area contributed by atoms with Gasteiger partial charge in [0.1, 0.15) is 11.6 Å². The van der Waals surface area contributed by atoms with Gasteiger partial charge in [0, 0.05) is 16.6 Å². The summed E-state index contributed by atoms with van der Waals surface area (Å²) < 4.78 is 7.46. The second kappa shape index (κ2) is 6.78. The Morgan fingerprint density at radius 1 is 0.885 bits per heavy atom. The van der Waals surface area contributed by atoms with Crippen LogP contribution < -0.4 is 4.74 Å². The molecular weight excluding hydrogens is 320 g/mol. The number of methoxy groups -OCH3 is 1. The lowest BCUT2D eigenvalue weighted by atomic mass is 10.2. The summed E-state index contributed by atoms with van der Waals surface area (Å²) in [6.45, 7) is 1.99. The number of ether oxygens (including phenoxy) is 1. The van der Waals surface area contributed by atoms with Gasteiger partial charge in [-0.3, -0.25) is 4.57 Å². The summed E-state index contributed by atoms with van der Waals surface area (Å²) in [5, 5.41) is 1.07. The maximum absolute atomic E-state index is 5.36. The van der Waals surface area contributed by atoms with Gasteiger partial charge in [-0.1, -0.05) is 30.2 Å². The van der Waals surface area contributed by atoms with Gasteiger partial charge in [0.05, 0.1) is 18.3 Å². The number of hydrogen-bond donors (Lipinski definition) is 0. The topological polar surface area (TPSA) is 27.1 Å². The molecule has 126 valence electrons. The van der Waals surface area contributed by atoms with Gasteiger partial charge in [-0.15, -0.1) is 0 Å². The fraction of sp³-hybridized carbons (Fsp3) is 0.0870. The van der Waals surface area contributed by atoms with Gasteiger partial charge in [0.2, 0.25) is 0 Å². The number of pyridine rings is 1. The van der Waals surface area contributed by atoms with Crippen LogP contribution in [0.25, 0.3) is 16.7 Å². The van der Waals surface area contributed by atoms with Crippen LogP contribution in [0.3, 0.4) is 0 Å². The van der Waals surface area contributed by atoms with Crippen molar-refractivity contribution in [3.8, 4) is 23.4 Å². The van der Waals surface area contributed by atoms with Crippen LogP contribution in [0.4, 0.5) is 0 Å². The minimum atomic E-state index is 0.828. The molecule has 0 aliphatic carbocycles. The van der Waals surface area contributed by atoms with Crippen molar-refractivity contribution in [2.75, 3.05) is 7.11 Å². The molecule has 3 nitrogen and oxygen atoms in total. The van der Waals surface area contributed by atoms with Crippen LogP contribution in [0.1, 0.15) is 17.0 Å². The highest BCUT2D eigenvalue weighted by atomic mass is 16.5. The molecule has 3 heteroatoms. The first-order valence-corrected chi connectivity index (χ1v) is 8.45. The van der Waals surface area contributed by atoms with Crippen molar-refractivity contribution >= 4 is 10.9 Å². The standard InChI is InChI=1S/C23H18N2O/c1-17-7-6-10-23(24-17)25-20(12-11-18-8-4-3-5-9-18)15-19-16-21(26-2)13-14-22(19)25/h3-10,13-16H,1-2H3. The monoisotopic (exact) mass is 338 g/mol. The predicted octanol–water partition coefficient (Wildman–Crippen LogP) is 4.74. The zero-order chi connectivity index (χ0) is 17.9. The zero-order valence-corrected chi connectivity index (χ0v) is 14.7. The predicted molar refractivity (Wildman–Crippen MR) is 105 cm³/mol. The molecule has 4 rings (SSSR count). The molecule has 4 aromatic rings. The Kier molecular flexibility index (Phi) is 4.17. The van der Waals surface area contributed by atoms with Crippen molar-refractivity contribution < 1.29 is 4.74 Å². The first-order chi connectivity index (χ1) is 12.7. The third-order valence-corrected chi connectivity index (χ3v) is 4.22. The number of rotatable bonds is 2. The highest BCUT2D eigenvalue weighted by Gasteiger charge is 2.11. The summed E-state index contributed by atoms with van der Waals surface area (Å²) in [7, 11) is 1.68. The number of hydrogen-bond acceptors (Lipinski definition) is 2. The number of nitrogens with zero attached hydrogens (tertiary/aromatic N) is 2. The second-order valence-electron chi connectivity index (χ2n) is 6.04. The van der Waals surface area contributed by atoms with Crippen molar-refractivity contribution in [1.29, 1.82) is 0 Å². The fourth-order valence-electron chi connectivity index (χ4n) is 2.97. The van der Waals surface area contributed by atoms with Crippen LogP contribution in [0.15, 0.2) is 72.8 Å². The van der Waals surface area contributed by atoms with E-state index >= 15 is 0 Å². The summed E-state index contributed by atoms with van der Waals surface area (Å²) in [4.78, 5) is 4.69. The first kappa shape index (κ1) is 16.0. The maximum Gasteiger partial charge on any atom is 0.138 e. The number of aromatic nitrogens is 2. The molecule has 0 atom stereocenters. The second-order valence-corrected chi connectivity index (χ2v) is 6.04. The van der Waals surface area contributed by atoms with E-state index in [2.05, 4.69) is 27.5 Å². The van der Waals surface area contributed by atoms with Gasteiger partial charge >= 0.3 is 0 Å². The van der Waals surface area contributed by atoms with Crippen molar-refractivity contribution in [2.24, 2.45) is 0 Å². The molecule has 0 radical (unpaired) electrons. The number of fused-ring (bicyclic) bond motifs is 1. The lowest BCUT2D eigenvalue weighted by Crippen LogP contribution is -2.00. The molecule has 2 aromatic heterocycles. The van der Waals surface area contributed by atoms with E-state index in [-0.39, 0.29) is 0 Å². The molecule has 2 heterocycles. The molecule has 0 saturated heterocycles. The smallest absolute Gasteiger partial charge is 0.138 e. The van der Waals surface area contributed by atoms with Crippen molar-refractivity contribution in [1.82, 2.24) is 9.55 Å². The largest absolute Gasteiger partial charge is 0.497 e.